The summed E-state index contributed by atoms with van der Waals surface area (Å²) in [5.74, 6) is 0.522. The highest BCUT2D eigenvalue weighted by atomic mass is 32.1. The van der Waals surface area contributed by atoms with E-state index >= 15 is 0 Å². The molecule has 0 unspecified atom stereocenters. The molecule has 0 aliphatic heterocycles. The number of nitrogens with zero attached hydrogens (tertiary/aromatic N) is 1. The summed E-state index contributed by atoms with van der Waals surface area (Å²) in [7, 11) is 1.53. The van der Waals surface area contributed by atoms with Crippen molar-refractivity contribution >= 4 is 27.4 Å². The van der Waals surface area contributed by atoms with E-state index in [9.17, 15) is 9.59 Å². The third kappa shape index (κ3) is 1.74. The van der Waals surface area contributed by atoms with E-state index in [0.29, 0.717) is 11.1 Å². The van der Waals surface area contributed by atoms with Gasteiger partial charge in [-0.3, -0.25) is 13.5 Å². The smallest absolute Gasteiger partial charge is 0.272 e. The molecule has 1 heterocycles. The fraction of sp³-hybridized carbons (Fsp3) is 0.273. The summed E-state index contributed by atoms with van der Waals surface area (Å²) < 4.78 is 7.43. The van der Waals surface area contributed by atoms with Gasteiger partial charge in [0.15, 0.2) is 5.78 Å². The Kier molecular flexibility index (Phi) is 2.78. The number of Topliss-reactive ketones (excluding diaryl/α,β-unsaturated/α-hetero) is 1. The van der Waals surface area contributed by atoms with Crippen LogP contribution >= 0.6 is 11.5 Å². The van der Waals surface area contributed by atoms with Crippen LogP contribution in [-0.2, 0) is 11.3 Å². The predicted octanol–water partition coefficient (Wildman–Crippen LogP) is 1.66. The van der Waals surface area contributed by atoms with Gasteiger partial charge in [-0.15, -0.1) is 0 Å². The fourth-order valence-corrected chi connectivity index (χ4v) is 2.64. The number of benzene rings is 1. The zero-order valence-electron chi connectivity index (χ0n) is 9.02. The average molecular weight is 237 g/mol. The van der Waals surface area contributed by atoms with Crippen molar-refractivity contribution in [3.63, 3.8) is 0 Å². The monoisotopic (exact) mass is 237 g/mol. The number of carbonyl (C=O) groups excluding carboxylic acids is 1. The first kappa shape index (κ1) is 10.9. The molecular formula is C11H11NO3S. The van der Waals surface area contributed by atoms with E-state index in [-0.39, 0.29) is 17.9 Å². The summed E-state index contributed by atoms with van der Waals surface area (Å²) in [6.07, 6.45) is 0. The van der Waals surface area contributed by atoms with Crippen LogP contribution in [0.5, 0.6) is 5.75 Å². The van der Waals surface area contributed by atoms with E-state index in [0.717, 1.165) is 4.70 Å². The number of fused-ring (bicyclic) bond motifs is 1. The first-order valence-electron chi connectivity index (χ1n) is 4.79. The third-order valence-electron chi connectivity index (χ3n) is 2.22. The van der Waals surface area contributed by atoms with Crippen LogP contribution in [0, 0.1) is 0 Å². The predicted molar refractivity (Wildman–Crippen MR) is 63.3 cm³/mol. The minimum absolute atomic E-state index is 0.0346. The van der Waals surface area contributed by atoms with Gasteiger partial charge >= 0.3 is 0 Å². The molecule has 16 heavy (non-hydrogen) atoms. The minimum atomic E-state index is -0.160. The van der Waals surface area contributed by atoms with Crippen LogP contribution in [-0.4, -0.2) is 16.8 Å². The first-order valence-corrected chi connectivity index (χ1v) is 5.57. The standard InChI is InChI=1S/C11H11NO3S/c1-7(13)6-12-11(14)10-8(15-2)4-3-5-9(10)16-12/h3-5H,6H2,1-2H3. The lowest BCUT2D eigenvalue weighted by molar-refractivity contribution is -0.117. The Balaban J connectivity index is 2.68. The minimum Gasteiger partial charge on any atom is -0.496 e. The highest BCUT2D eigenvalue weighted by Crippen LogP contribution is 2.25. The van der Waals surface area contributed by atoms with E-state index in [1.165, 1.54) is 29.5 Å². The zero-order chi connectivity index (χ0) is 11.7. The molecule has 0 amide bonds. The summed E-state index contributed by atoms with van der Waals surface area (Å²) >= 11 is 1.29. The molecule has 0 fully saturated rings. The van der Waals surface area contributed by atoms with Gasteiger partial charge in [0, 0.05) is 0 Å². The molecule has 0 bridgehead atoms. The van der Waals surface area contributed by atoms with E-state index in [4.69, 9.17) is 4.74 Å². The summed E-state index contributed by atoms with van der Waals surface area (Å²) in [6.45, 7) is 1.59. The molecule has 0 atom stereocenters. The molecule has 0 saturated heterocycles. The normalized spacial score (nSPS) is 10.6. The summed E-state index contributed by atoms with van der Waals surface area (Å²) in [5, 5.41) is 0.552. The number of hydrogen-bond donors (Lipinski definition) is 0. The van der Waals surface area contributed by atoms with Gasteiger partial charge in [-0.25, -0.2) is 0 Å². The Morgan fingerprint density at radius 1 is 1.50 bits per heavy atom. The number of ether oxygens (including phenoxy) is 1. The quantitative estimate of drug-likeness (QED) is 0.815. The molecule has 1 aromatic heterocycles. The second kappa shape index (κ2) is 4.09. The molecule has 2 aromatic rings. The van der Waals surface area contributed by atoms with Crippen molar-refractivity contribution in [1.82, 2.24) is 3.96 Å². The number of ketones is 1. The number of aromatic nitrogens is 1. The molecule has 1 aromatic carbocycles. The summed E-state index contributed by atoms with van der Waals surface area (Å²) in [5.41, 5.74) is -0.160. The Bertz CT molecular complexity index is 597. The van der Waals surface area contributed by atoms with Crippen molar-refractivity contribution in [1.29, 1.82) is 0 Å². The third-order valence-corrected chi connectivity index (χ3v) is 3.28. The molecule has 84 valence electrons. The van der Waals surface area contributed by atoms with Crippen LogP contribution in [0.1, 0.15) is 6.92 Å². The van der Waals surface area contributed by atoms with Gasteiger partial charge in [-0.1, -0.05) is 17.6 Å². The molecule has 0 aliphatic carbocycles. The van der Waals surface area contributed by atoms with Crippen molar-refractivity contribution in [2.75, 3.05) is 7.11 Å². The van der Waals surface area contributed by atoms with Gasteiger partial charge in [0.25, 0.3) is 5.56 Å². The lowest BCUT2D eigenvalue weighted by Gasteiger charge is -1.98. The van der Waals surface area contributed by atoms with Crippen LogP contribution in [0.15, 0.2) is 23.0 Å². The van der Waals surface area contributed by atoms with Crippen molar-refractivity contribution < 1.29 is 9.53 Å². The lowest BCUT2D eigenvalue weighted by atomic mass is 10.2. The van der Waals surface area contributed by atoms with E-state index in [1.807, 2.05) is 12.1 Å². The maximum Gasteiger partial charge on any atom is 0.272 e. The van der Waals surface area contributed by atoms with Crippen molar-refractivity contribution in [3.05, 3.63) is 28.6 Å². The van der Waals surface area contributed by atoms with Crippen LogP contribution in [0.2, 0.25) is 0 Å². The van der Waals surface area contributed by atoms with Gasteiger partial charge < -0.3 is 4.74 Å². The van der Waals surface area contributed by atoms with E-state index < -0.39 is 0 Å². The molecule has 0 radical (unpaired) electrons. The van der Waals surface area contributed by atoms with Crippen LogP contribution in [0.25, 0.3) is 10.1 Å². The Morgan fingerprint density at radius 3 is 2.88 bits per heavy atom. The fourth-order valence-electron chi connectivity index (χ4n) is 1.56. The largest absolute Gasteiger partial charge is 0.496 e. The molecular weight excluding hydrogens is 226 g/mol. The van der Waals surface area contributed by atoms with Crippen molar-refractivity contribution in [3.8, 4) is 5.75 Å². The molecule has 0 spiro atoms. The Labute approximate surface area is 96.2 Å². The zero-order valence-corrected chi connectivity index (χ0v) is 9.84. The Hall–Kier alpha value is -1.62. The molecule has 0 aliphatic rings. The lowest BCUT2D eigenvalue weighted by Crippen LogP contribution is -2.17. The molecule has 0 saturated carbocycles. The van der Waals surface area contributed by atoms with Crippen molar-refractivity contribution in [2.45, 2.75) is 13.5 Å². The molecule has 4 nitrogen and oxygen atoms in total. The van der Waals surface area contributed by atoms with Crippen LogP contribution in [0.3, 0.4) is 0 Å². The highest BCUT2D eigenvalue weighted by Gasteiger charge is 2.12. The van der Waals surface area contributed by atoms with E-state index in [1.54, 1.807) is 6.07 Å². The van der Waals surface area contributed by atoms with Gasteiger partial charge in [-0.2, -0.15) is 0 Å². The Morgan fingerprint density at radius 2 is 2.25 bits per heavy atom. The molecule has 5 heteroatoms. The maximum absolute atomic E-state index is 12.0. The summed E-state index contributed by atoms with van der Waals surface area (Å²) in [6, 6.07) is 5.42. The molecule has 2 rings (SSSR count). The van der Waals surface area contributed by atoms with Crippen LogP contribution in [0.4, 0.5) is 0 Å². The number of carbonyl (C=O) groups is 1. The first-order chi connectivity index (χ1) is 7.63. The number of rotatable bonds is 3. The van der Waals surface area contributed by atoms with E-state index in [2.05, 4.69) is 0 Å². The summed E-state index contributed by atoms with van der Waals surface area (Å²) in [4.78, 5) is 23.0. The average Bonchev–Trinajstić information content (AvgIpc) is 2.55. The SMILES string of the molecule is COc1cccc2sn(CC(C)=O)c(=O)c12. The van der Waals surface area contributed by atoms with Crippen LogP contribution < -0.4 is 10.3 Å². The highest BCUT2D eigenvalue weighted by molar-refractivity contribution is 7.14. The second-order valence-corrected chi connectivity index (χ2v) is 4.53. The van der Waals surface area contributed by atoms with Gasteiger partial charge in [0.1, 0.15) is 11.1 Å². The number of methoxy groups -OCH3 is 1. The van der Waals surface area contributed by atoms with Gasteiger partial charge in [0.05, 0.1) is 18.4 Å². The second-order valence-electron chi connectivity index (χ2n) is 3.47. The molecule has 0 N–H and O–H groups in total. The van der Waals surface area contributed by atoms with Gasteiger partial charge in [-0.05, 0) is 19.1 Å². The topological polar surface area (TPSA) is 48.3 Å². The number of hydrogen-bond acceptors (Lipinski definition) is 4. The maximum atomic E-state index is 12.0. The van der Waals surface area contributed by atoms with Crippen molar-refractivity contribution in [2.24, 2.45) is 0 Å². The van der Waals surface area contributed by atoms with Gasteiger partial charge in [0.2, 0.25) is 0 Å².